The molecule has 1 fully saturated rings. The Bertz CT molecular complexity index is 268. The summed E-state index contributed by atoms with van der Waals surface area (Å²) in [5, 5.41) is 6.53. The lowest BCUT2D eigenvalue weighted by atomic mass is 9.98. The first-order chi connectivity index (χ1) is 9.61. The Morgan fingerprint density at radius 1 is 1.35 bits per heavy atom. The van der Waals surface area contributed by atoms with Crippen molar-refractivity contribution >= 4 is 5.91 Å². The number of carbonyl (C=O) groups is 1. The van der Waals surface area contributed by atoms with E-state index in [-0.39, 0.29) is 5.91 Å². The highest BCUT2D eigenvalue weighted by Crippen LogP contribution is 2.15. The van der Waals surface area contributed by atoms with E-state index < -0.39 is 0 Å². The van der Waals surface area contributed by atoms with Crippen molar-refractivity contribution < 1.29 is 4.79 Å². The predicted octanol–water partition coefficient (Wildman–Crippen LogP) is 1.86. The Labute approximate surface area is 124 Å². The van der Waals surface area contributed by atoms with Gasteiger partial charge in [0.1, 0.15) is 0 Å². The molecule has 1 unspecified atom stereocenters. The van der Waals surface area contributed by atoms with Gasteiger partial charge in [-0.05, 0) is 57.2 Å². The van der Waals surface area contributed by atoms with Gasteiger partial charge in [0.05, 0.1) is 6.54 Å². The fraction of sp³-hybridized carbons (Fsp3) is 0.938. The van der Waals surface area contributed by atoms with Crippen LogP contribution < -0.4 is 10.6 Å². The minimum Gasteiger partial charge on any atom is -0.355 e. The van der Waals surface area contributed by atoms with Crippen molar-refractivity contribution in [3.05, 3.63) is 0 Å². The number of amides is 1. The zero-order valence-electron chi connectivity index (χ0n) is 13.6. The summed E-state index contributed by atoms with van der Waals surface area (Å²) in [5.41, 5.74) is 0. The standard InChI is InChI=1S/C16H33N3O/c1-4-8-17-11-15-6-5-10-19(12-15)13-16(20)18-9-7-14(2)3/h14-15,17H,4-13H2,1-3H3,(H,18,20). The average Bonchev–Trinajstić information content (AvgIpc) is 2.39. The summed E-state index contributed by atoms with van der Waals surface area (Å²) in [6.07, 6.45) is 4.77. The van der Waals surface area contributed by atoms with Crippen LogP contribution in [-0.2, 0) is 4.79 Å². The molecule has 20 heavy (non-hydrogen) atoms. The summed E-state index contributed by atoms with van der Waals surface area (Å²) in [5.74, 6) is 1.55. The largest absolute Gasteiger partial charge is 0.355 e. The molecular weight excluding hydrogens is 250 g/mol. The van der Waals surface area contributed by atoms with Gasteiger partial charge in [0.15, 0.2) is 0 Å². The number of hydrogen-bond acceptors (Lipinski definition) is 3. The molecule has 2 N–H and O–H groups in total. The van der Waals surface area contributed by atoms with Crippen LogP contribution in [0.2, 0.25) is 0 Å². The zero-order chi connectivity index (χ0) is 14.8. The lowest BCUT2D eigenvalue weighted by Gasteiger charge is -2.32. The molecule has 0 aromatic heterocycles. The molecule has 1 atom stereocenters. The molecule has 0 aliphatic carbocycles. The van der Waals surface area contributed by atoms with E-state index >= 15 is 0 Å². The fourth-order valence-electron chi connectivity index (χ4n) is 2.70. The van der Waals surface area contributed by atoms with Crippen molar-refractivity contribution in [2.75, 3.05) is 39.3 Å². The third-order valence-electron chi connectivity index (χ3n) is 3.87. The highest BCUT2D eigenvalue weighted by Gasteiger charge is 2.21. The van der Waals surface area contributed by atoms with E-state index in [0.29, 0.717) is 18.4 Å². The summed E-state index contributed by atoms with van der Waals surface area (Å²) in [6, 6.07) is 0. The molecule has 0 aromatic carbocycles. The second kappa shape index (κ2) is 10.2. The Hall–Kier alpha value is -0.610. The highest BCUT2D eigenvalue weighted by molar-refractivity contribution is 5.77. The van der Waals surface area contributed by atoms with E-state index in [2.05, 4.69) is 36.3 Å². The lowest BCUT2D eigenvalue weighted by molar-refractivity contribution is -0.122. The van der Waals surface area contributed by atoms with Crippen molar-refractivity contribution in [2.45, 2.75) is 46.5 Å². The molecule has 4 nitrogen and oxygen atoms in total. The summed E-state index contributed by atoms with van der Waals surface area (Å²) in [6.45, 7) is 12.3. The summed E-state index contributed by atoms with van der Waals surface area (Å²) in [7, 11) is 0. The van der Waals surface area contributed by atoms with Crippen LogP contribution in [0.1, 0.15) is 46.5 Å². The van der Waals surface area contributed by atoms with Gasteiger partial charge < -0.3 is 10.6 Å². The maximum Gasteiger partial charge on any atom is 0.234 e. The first kappa shape index (κ1) is 17.4. The molecule has 1 aliphatic heterocycles. The quantitative estimate of drug-likeness (QED) is 0.635. The number of nitrogens with one attached hydrogen (secondary N) is 2. The summed E-state index contributed by atoms with van der Waals surface area (Å²) in [4.78, 5) is 14.2. The molecule has 1 rings (SSSR count). The molecule has 0 saturated carbocycles. The van der Waals surface area contributed by atoms with E-state index in [9.17, 15) is 4.79 Å². The van der Waals surface area contributed by atoms with Crippen LogP contribution in [0.4, 0.5) is 0 Å². The van der Waals surface area contributed by atoms with E-state index in [1.54, 1.807) is 0 Å². The van der Waals surface area contributed by atoms with Gasteiger partial charge >= 0.3 is 0 Å². The number of rotatable bonds is 9. The molecule has 0 bridgehead atoms. The van der Waals surface area contributed by atoms with E-state index in [1.807, 2.05) is 0 Å². The molecule has 1 saturated heterocycles. The van der Waals surface area contributed by atoms with Gasteiger partial charge in [0.2, 0.25) is 5.91 Å². The Morgan fingerprint density at radius 2 is 2.15 bits per heavy atom. The van der Waals surface area contributed by atoms with Crippen LogP contribution >= 0.6 is 0 Å². The van der Waals surface area contributed by atoms with Crippen LogP contribution in [0.25, 0.3) is 0 Å². The van der Waals surface area contributed by atoms with Crippen LogP contribution in [0.15, 0.2) is 0 Å². The van der Waals surface area contributed by atoms with Crippen LogP contribution in [-0.4, -0.2) is 50.1 Å². The van der Waals surface area contributed by atoms with Crippen molar-refractivity contribution in [1.29, 1.82) is 0 Å². The predicted molar refractivity (Wildman–Crippen MR) is 84.8 cm³/mol. The topological polar surface area (TPSA) is 44.4 Å². The minimum atomic E-state index is 0.188. The van der Waals surface area contributed by atoms with Crippen molar-refractivity contribution in [2.24, 2.45) is 11.8 Å². The molecule has 1 aliphatic rings. The maximum atomic E-state index is 11.9. The second-order valence-corrected chi connectivity index (χ2v) is 6.48. The first-order valence-corrected chi connectivity index (χ1v) is 8.31. The molecule has 0 radical (unpaired) electrons. The summed E-state index contributed by atoms with van der Waals surface area (Å²) < 4.78 is 0. The van der Waals surface area contributed by atoms with Gasteiger partial charge in [-0.1, -0.05) is 20.8 Å². The van der Waals surface area contributed by atoms with Crippen LogP contribution in [0.5, 0.6) is 0 Å². The maximum absolute atomic E-state index is 11.9. The van der Waals surface area contributed by atoms with E-state index in [0.717, 1.165) is 39.1 Å². The smallest absolute Gasteiger partial charge is 0.234 e. The normalized spacial score (nSPS) is 20.3. The third kappa shape index (κ3) is 7.85. The molecule has 0 spiro atoms. The molecule has 118 valence electrons. The van der Waals surface area contributed by atoms with Crippen molar-refractivity contribution in [3.63, 3.8) is 0 Å². The lowest BCUT2D eigenvalue weighted by Crippen LogP contribution is -2.44. The molecule has 1 heterocycles. The van der Waals surface area contributed by atoms with Gasteiger partial charge in [-0.3, -0.25) is 9.69 Å². The van der Waals surface area contributed by atoms with Crippen molar-refractivity contribution in [1.82, 2.24) is 15.5 Å². The summed E-state index contributed by atoms with van der Waals surface area (Å²) >= 11 is 0. The van der Waals surface area contributed by atoms with E-state index in [4.69, 9.17) is 0 Å². The second-order valence-electron chi connectivity index (χ2n) is 6.48. The van der Waals surface area contributed by atoms with Crippen molar-refractivity contribution in [3.8, 4) is 0 Å². The zero-order valence-corrected chi connectivity index (χ0v) is 13.6. The Kier molecular flexibility index (Phi) is 8.86. The molecular formula is C16H33N3O. The van der Waals surface area contributed by atoms with Gasteiger partial charge in [0, 0.05) is 13.1 Å². The SMILES string of the molecule is CCCNCC1CCCN(CC(=O)NCCC(C)C)C1. The van der Waals surface area contributed by atoms with Gasteiger partial charge in [0.25, 0.3) is 0 Å². The molecule has 1 amide bonds. The number of carbonyl (C=O) groups excluding carboxylic acids is 1. The fourth-order valence-corrected chi connectivity index (χ4v) is 2.70. The first-order valence-electron chi connectivity index (χ1n) is 8.31. The Morgan fingerprint density at radius 3 is 2.85 bits per heavy atom. The number of likely N-dealkylation sites (tertiary alicyclic amines) is 1. The minimum absolute atomic E-state index is 0.188. The monoisotopic (exact) mass is 283 g/mol. The van der Waals surface area contributed by atoms with Crippen LogP contribution in [0, 0.1) is 11.8 Å². The Balaban J connectivity index is 2.17. The highest BCUT2D eigenvalue weighted by atomic mass is 16.2. The molecule has 4 heteroatoms. The average molecular weight is 283 g/mol. The number of nitrogens with zero attached hydrogens (tertiary/aromatic N) is 1. The van der Waals surface area contributed by atoms with E-state index in [1.165, 1.54) is 19.3 Å². The van der Waals surface area contributed by atoms with Gasteiger partial charge in [-0.2, -0.15) is 0 Å². The third-order valence-corrected chi connectivity index (χ3v) is 3.87. The van der Waals surface area contributed by atoms with Crippen LogP contribution in [0.3, 0.4) is 0 Å². The molecule has 0 aromatic rings. The number of hydrogen-bond donors (Lipinski definition) is 2. The number of piperidine rings is 1. The van der Waals surface area contributed by atoms with Gasteiger partial charge in [-0.25, -0.2) is 0 Å². The van der Waals surface area contributed by atoms with Gasteiger partial charge in [-0.15, -0.1) is 0 Å².